The maximum absolute atomic E-state index is 10.7. The smallest absolute Gasteiger partial charge is 0.335 e. The lowest BCUT2D eigenvalue weighted by Gasteiger charge is -2.22. The van der Waals surface area contributed by atoms with E-state index in [1.807, 2.05) is 0 Å². The first-order chi connectivity index (χ1) is 7.41. The zero-order valence-corrected chi connectivity index (χ0v) is 9.34. The first kappa shape index (κ1) is 12.3. The number of hydrogen-bond acceptors (Lipinski definition) is 4. The van der Waals surface area contributed by atoms with E-state index in [0.717, 1.165) is 0 Å². The second kappa shape index (κ2) is 4.85. The van der Waals surface area contributed by atoms with Crippen molar-refractivity contribution >= 4 is 17.3 Å². The summed E-state index contributed by atoms with van der Waals surface area (Å²) in [6.07, 6.45) is -0.469. The van der Waals surface area contributed by atoms with Crippen LogP contribution in [-0.4, -0.2) is 35.9 Å². The predicted molar refractivity (Wildman–Crippen MR) is 62.8 cm³/mol. The van der Waals surface area contributed by atoms with Gasteiger partial charge in [-0.3, -0.25) is 0 Å². The largest absolute Gasteiger partial charge is 0.478 e. The zero-order chi connectivity index (χ0) is 12.3. The number of carbonyl (C=O) groups is 1. The lowest BCUT2D eigenvalue weighted by Crippen LogP contribution is -2.27. The molecule has 1 aromatic rings. The van der Waals surface area contributed by atoms with Gasteiger partial charge in [-0.15, -0.1) is 0 Å². The highest BCUT2D eigenvalue weighted by Crippen LogP contribution is 2.23. The summed E-state index contributed by atoms with van der Waals surface area (Å²) in [5.41, 5.74) is 7.01. The van der Waals surface area contributed by atoms with Crippen molar-refractivity contribution in [3.8, 4) is 0 Å². The van der Waals surface area contributed by atoms with Crippen LogP contribution in [0.15, 0.2) is 18.2 Å². The van der Waals surface area contributed by atoms with E-state index in [-0.39, 0.29) is 5.56 Å². The van der Waals surface area contributed by atoms with Crippen LogP contribution in [0.2, 0.25) is 0 Å². The van der Waals surface area contributed by atoms with Crippen LogP contribution in [0.4, 0.5) is 11.4 Å². The molecular formula is C11H16N2O3. The molecule has 1 aromatic carbocycles. The number of carboxylic acid groups (broad SMARTS) is 1. The Balaban J connectivity index is 2.94. The molecule has 0 aromatic heterocycles. The van der Waals surface area contributed by atoms with Crippen LogP contribution in [0.1, 0.15) is 17.3 Å². The van der Waals surface area contributed by atoms with Crippen molar-refractivity contribution in [1.29, 1.82) is 0 Å². The first-order valence-corrected chi connectivity index (χ1v) is 4.94. The molecule has 88 valence electrons. The van der Waals surface area contributed by atoms with Crippen LogP contribution in [0.5, 0.6) is 0 Å². The number of nitrogens with zero attached hydrogens (tertiary/aromatic N) is 1. The molecule has 0 heterocycles. The average molecular weight is 224 g/mol. The molecule has 1 rings (SSSR count). The van der Waals surface area contributed by atoms with Crippen LogP contribution < -0.4 is 10.6 Å². The van der Waals surface area contributed by atoms with E-state index in [9.17, 15) is 9.90 Å². The van der Waals surface area contributed by atoms with Gasteiger partial charge < -0.3 is 20.8 Å². The Kier molecular flexibility index (Phi) is 3.73. The fraction of sp³-hybridized carbons (Fsp3) is 0.364. The van der Waals surface area contributed by atoms with Crippen LogP contribution in [0.25, 0.3) is 0 Å². The number of likely N-dealkylation sites (N-methyl/N-ethyl adjacent to an activating group) is 1. The second-order valence-corrected chi connectivity index (χ2v) is 3.81. The summed E-state index contributed by atoms with van der Waals surface area (Å²) < 4.78 is 0. The number of aliphatic hydroxyl groups is 1. The van der Waals surface area contributed by atoms with Gasteiger partial charge in [-0.25, -0.2) is 4.79 Å². The Morgan fingerprint density at radius 2 is 2.19 bits per heavy atom. The second-order valence-electron chi connectivity index (χ2n) is 3.81. The third kappa shape index (κ3) is 2.87. The van der Waals surface area contributed by atoms with Crippen molar-refractivity contribution in [2.24, 2.45) is 0 Å². The summed E-state index contributed by atoms with van der Waals surface area (Å²) in [5.74, 6) is -1.00. The van der Waals surface area contributed by atoms with Gasteiger partial charge in [-0.1, -0.05) is 0 Å². The van der Waals surface area contributed by atoms with Crippen molar-refractivity contribution in [1.82, 2.24) is 0 Å². The fourth-order valence-electron chi connectivity index (χ4n) is 1.53. The monoisotopic (exact) mass is 224 g/mol. The molecule has 0 aliphatic rings. The van der Waals surface area contributed by atoms with Crippen molar-refractivity contribution in [3.05, 3.63) is 23.8 Å². The Morgan fingerprint density at radius 1 is 1.56 bits per heavy atom. The molecule has 5 nitrogen and oxygen atoms in total. The first-order valence-electron chi connectivity index (χ1n) is 4.94. The molecule has 0 saturated heterocycles. The molecule has 0 spiro atoms. The molecule has 4 N–H and O–H groups in total. The maximum atomic E-state index is 10.7. The minimum Gasteiger partial charge on any atom is -0.478 e. The molecule has 0 aliphatic heterocycles. The van der Waals surface area contributed by atoms with Gasteiger partial charge in [0.05, 0.1) is 23.0 Å². The van der Waals surface area contributed by atoms with E-state index in [1.165, 1.54) is 12.1 Å². The average Bonchev–Trinajstić information content (AvgIpc) is 2.15. The third-order valence-electron chi connectivity index (χ3n) is 2.22. The molecule has 5 heteroatoms. The van der Waals surface area contributed by atoms with Gasteiger partial charge in [-0.05, 0) is 25.1 Å². The molecule has 1 atom stereocenters. The van der Waals surface area contributed by atoms with Gasteiger partial charge >= 0.3 is 5.97 Å². The van der Waals surface area contributed by atoms with E-state index >= 15 is 0 Å². The zero-order valence-electron chi connectivity index (χ0n) is 9.34. The highest BCUT2D eigenvalue weighted by Gasteiger charge is 2.10. The van der Waals surface area contributed by atoms with E-state index in [0.29, 0.717) is 17.9 Å². The van der Waals surface area contributed by atoms with Crippen molar-refractivity contribution in [2.45, 2.75) is 13.0 Å². The van der Waals surface area contributed by atoms with Gasteiger partial charge in [0.1, 0.15) is 0 Å². The molecule has 0 fully saturated rings. The van der Waals surface area contributed by atoms with Gasteiger partial charge in [0.2, 0.25) is 0 Å². The molecule has 0 bridgehead atoms. The van der Waals surface area contributed by atoms with Gasteiger partial charge in [-0.2, -0.15) is 0 Å². The highest BCUT2D eigenvalue weighted by atomic mass is 16.4. The number of hydrogen-bond donors (Lipinski definition) is 3. The van der Waals surface area contributed by atoms with Crippen LogP contribution >= 0.6 is 0 Å². The van der Waals surface area contributed by atoms with Crippen LogP contribution in [-0.2, 0) is 0 Å². The normalized spacial score (nSPS) is 12.2. The maximum Gasteiger partial charge on any atom is 0.335 e. The van der Waals surface area contributed by atoms with Crippen molar-refractivity contribution < 1.29 is 15.0 Å². The highest BCUT2D eigenvalue weighted by molar-refractivity contribution is 5.90. The number of nitrogen functional groups attached to an aromatic ring is 1. The SMILES string of the molecule is CC(O)CN(C)c1ccc(C(=O)O)cc1N. The van der Waals surface area contributed by atoms with E-state index in [1.54, 1.807) is 24.9 Å². The Hall–Kier alpha value is -1.75. The molecule has 0 saturated carbocycles. The minimum atomic E-state index is -1.00. The third-order valence-corrected chi connectivity index (χ3v) is 2.22. The van der Waals surface area contributed by atoms with Gasteiger partial charge in [0.25, 0.3) is 0 Å². The van der Waals surface area contributed by atoms with Crippen LogP contribution in [0.3, 0.4) is 0 Å². The molecule has 0 aliphatic carbocycles. The molecule has 1 unspecified atom stereocenters. The molecule has 0 amide bonds. The Labute approximate surface area is 94.1 Å². The lowest BCUT2D eigenvalue weighted by molar-refractivity contribution is 0.0697. The number of anilines is 2. The number of nitrogens with two attached hydrogens (primary N) is 1. The van der Waals surface area contributed by atoms with E-state index in [4.69, 9.17) is 10.8 Å². The van der Waals surface area contributed by atoms with Gasteiger partial charge in [0.15, 0.2) is 0 Å². The minimum absolute atomic E-state index is 0.159. The number of benzene rings is 1. The summed E-state index contributed by atoms with van der Waals surface area (Å²) in [4.78, 5) is 12.5. The summed E-state index contributed by atoms with van der Waals surface area (Å²) >= 11 is 0. The Bertz CT molecular complexity index is 391. The summed E-state index contributed by atoms with van der Waals surface area (Å²) in [7, 11) is 1.79. The topological polar surface area (TPSA) is 86.8 Å². The fourth-order valence-corrected chi connectivity index (χ4v) is 1.53. The predicted octanol–water partition coefficient (Wildman–Crippen LogP) is 0.784. The molecule has 16 heavy (non-hydrogen) atoms. The Morgan fingerprint density at radius 3 is 2.62 bits per heavy atom. The number of rotatable bonds is 4. The summed E-state index contributed by atoms with van der Waals surface area (Å²) in [5, 5.41) is 18.0. The molecular weight excluding hydrogens is 208 g/mol. The number of aliphatic hydroxyl groups excluding tert-OH is 1. The number of carboxylic acids is 1. The molecule has 0 radical (unpaired) electrons. The standard InChI is InChI=1S/C11H16N2O3/c1-7(14)6-13(2)10-4-3-8(11(15)16)5-9(10)12/h3-5,7,14H,6,12H2,1-2H3,(H,15,16). The van der Waals surface area contributed by atoms with Gasteiger partial charge in [0, 0.05) is 13.6 Å². The summed E-state index contributed by atoms with van der Waals surface area (Å²) in [6.45, 7) is 2.12. The van der Waals surface area contributed by atoms with E-state index < -0.39 is 12.1 Å². The van der Waals surface area contributed by atoms with E-state index in [2.05, 4.69) is 0 Å². The quantitative estimate of drug-likeness (QED) is 0.658. The summed E-state index contributed by atoms with van der Waals surface area (Å²) in [6, 6.07) is 4.55. The van der Waals surface area contributed by atoms with Crippen LogP contribution in [0, 0.1) is 0 Å². The number of aromatic carboxylic acids is 1. The van der Waals surface area contributed by atoms with Crippen molar-refractivity contribution in [2.75, 3.05) is 24.2 Å². The van der Waals surface area contributed by atoms with Crippen molar-refractivity contribution in [3.63, 3.8) is 0 Å². The lowest BCUT2D eigenvalue weighted by atomic mass is 10.1.